The first-order valence-corrected chi connectivity index (χ1v) is 7.10. The zero-order valence-corrected chi connectivity index (χ0v) is 12.8. The molecule has 2 unspecified atom stereocenters. The average molecular weight is 313 g/mol. The summed E-state index contributed by atoms with van der Waals surface area (Å²) in [5.41, 5.74) is 1.18. The molecule has 1 amide bonds. The van der Waals surface area contributed by atoms with E-state index in [0.29, 0.717) is 6.54 Å². The molecule has 1 aromatic carbocycles. The molecule has 2 atom stereocenters. The Balaban J connectivity index is 2.39. The van der Waals surface area contributed by atoms with Gasteiger partial charge in [0.2, 0.25) is 5.91 Å². The molecule has 0 heterocycles. The van der Waals surface area contributed by atoms with Crippen molar-refractivity contribution in [3.8, 4) is 0 Å². The summed E-state index contributed by atoms with van der Waals surface area (Å²) in [6.45, 7) is 6.47. The Morgan fingerprint density at radius 1 is 1.28 bits per heavy atom. The van der Waals surface area contributed by atoms with Gasteiger partial charge in [-0.1, -0.05) is 35.0 Å². The molecule has 0 saturated heterocycles. The number of hydrogen-bond donors (Lipinski definition) is 2. The van der Waals surface area contributed by atoms with Crippen LogP contribution in [0.3, 0.4) is 0 Å². The first-order valence-electron chi connectivity index (χ1n) is 6.31. The van der Waals surface area contributed by atoms with Gasteiger partial charge in [-0.2, -0.15) is 0 Å². The van der Waals surface area contributed by atoms with Crippen LogP contribution < -0.4 is 10.6 Å². The minimum Gasteiger partial charge on any atom is -0.353 e. The predicted molar refractivity (Wildman–Crippen MR) is 78.5 cm³/mol. The van der Waals surface area contributed by atoms with Crippen molar-refractivity contribution in [2.45, 2.75) is 39.3 Å². The van der Waals surface area contributed by atoms with Crippen molar-refractivity contribution in [2.24, 2.45) is 0 Å². The standard InChI is InChI=1S/C14H21BrN2O/c1-4-10(2)17-14(18)9-16-11(3)12-5-7-13(15)8-6-12/h5-8,10-11,16H,4,9H2,1-3H3,(H,17,18). The number of carbonyl (C=O) groups excluding carboxylic acids is 1. The van der Waals surface area contributed by atoms with Gasteiger partial charge in [0.05, 0.1) is 6.54 Å². The van der Waals surface area contributed by atoms with Crippen LogP contribution in [0.4, 0.5) is 0 Å². The molecule has 3 nitrogen and oxygen atoms in total. The van der Waals surface area contributed by atoms with Crippen molar-refractivity contribution < 1.29 is 4.79 Å². The van der Waals surface area contributed by atoms with E-state index < -0.39 is 0 Å². The molecule has 1 rings (SSSR count). The van der Waals surface area contributed by atoms with Gasteiger partial charge in [0.1, 0.15) is 0 Å². The largest absolute Gasteiger partial charge is 0.353 e. The van der Waals surface area contributed by atoms with Gasteiger partial charge in [-0.3, -0.25) is 4.79 Å². The molecule has 2 N–H and O–H groups in total. The summed E-state index contributed by atoms with van der Waals surface area (Å²) >= 11 is 3.41. The maximum atomic E-state index is 11.6. The lowest BCUT2D eigenvalue weighted by molar-refractivity contribution is -0.120. The Morgan fingerprint density at radius 2 is 1.89 bits per heavy atom. The molecule has 0 spiro atoms. The SMILES string of the molecule is CCC(C)NC(=O)CNC(C)c1ccc(Br)cc1. The van der Waals surface area contributed by atoms with Gasteiger partial charge in [0.25, 0.3) is 0 Å². The maximum absolute atomic E-state index is 11.6. The van der Waals surface area contributed by atoms with Gasteiger partial charge >= 0.3 is 0 Å². The lowest BCUT2D eigenvalue weighted by Crippen LogP contribution is -2.39. The van der Waals surface area contributed by atoms with Crippen LogP contribution in [0.25, 0.3) is 0 Å². The second-order valence-electron chi connectivity index (χ2n) is 4.53. The molecule has 4 heteroatoms. The van der Waals surface area contributed by atoms with Crippen LogP contribution in [0.2, 0.25) is 0 Å². The Bertz CT molecular complexity index is 378. The van der Waals surface area contributed by atoms with Gasteiger partial charge in [0, 0.05) is 16.6 Å². The van der Waals surface area contributed by atoms with Crippen LogP contribution in [0.15, 0.2) is 28.7 Å². The molecular formula is C14H21BrN2O. The Labute approximate surface area is 117 Å². The highest BCUT2D eigenvalue weighted by atomic mass is 79.9. The van der Waals surface area contributed by atoms with Crippen molar-refractivity contribution in [3.05, 3.63) is 34.3 Å². The lowest BCUT2D eigenvalue weighted by atomic mass is 10.1. The fourth-order valence-electron chi connectivity index (χ4n) is 1.54. The van der Waals surface area contributed by atoms with Crippen molar-refractivity contribution in [1.29, 1.82) is 0 Å². The summed E-state index contributed by atoms with van der Waals surface area (Å²) in [5, 5.41) is 6.16. The Morgan fingerprint density at radius 3 is 2.44 bits per heavy atom. The molecule has 0 fully saturated rings. The van der Waals surface area contributed by atoms with E-state index in [1.165, 1.54) is 5.56 Å². The minimum absolute atomic E-state index is 0.0494. The fraction of sp³-hybridized carbons (Fsp3) is 0.500. The van der Waals surface area contributed by atoms with Gasteiger partial charge in [-0.25, -0.2) is 0 Å². The van der Waals surface area contributed by atoms with Crippen molar-refractivity contribution in [2.75, 3.05) is 6.54 Å². The first-order chi connectivity index (χ1) is 8.52. The van der Waals surface area contributed by atoms with Gasteiger partial charge < -0.3 is 10.6 Å². The molecule has 0 radical (unpaired) electrons. The van der Waals surface area contributed by atoms with Crippen LogP contribution in [-0.4, -0.2) is 18.5 Å². The van der Waals surface area contributed by atoms with Crippen LogP contribution in [0.1, 0.15) is 38.8 Å². The second kappa shape index (κ2) is 7.54. The zero-order valence-electron chi connectivity index (χ0n) is 11.2. The van der Waals surface area contributed by atoms with E-state index in [1.54, 1.807) is 0 Å². The lowest BCUT2D eigenvalue weighted by Gasteiger charge is -2.16. The monoisotopic (exact) mass is 312 g/mol. The highest BCUT2D eigenvalue weighted by Gasteiger charge is 2.09. The number of halogens is 1. The summed E-state index contributed by atoms with van der Waals surface area (Å²) in [6, 6.07) is 8.52. The van der Waals surface area contributed by atoms with Crippen LogP contribution in [-0.2, 0) is 4.79 Å². The van der Waals surface area contributed by atoms with E-state index in [2.05, 4.69) is 40.4 Å². The van der Waals surface area contributed by atoms with Crippen LogP contribution in [0, 0.1) is 0 Å². The molecule has 0 aliphatic carbocycles. The topological polar surface area (TPSA) is 41.1 Å². The Kier molecular flexibility index (Phi) is 6.36. The zero-order chi connectivity index (χ0) is 13.5. The molecule has 0 aliphatic rings. The molecule has 0 saturated carbocycles. The average Bonchev–Trinajstić information content (AvgIpc) is 2.36. The summed E-state index contributed by atoms with van der Waals surface area (Å²) in [7, 11) is 0. The Hall–Kier alpha value is -0.870. The van der Waals surface area contributed by atoms with Gasteiger partial charge in [0.15, 0.2) is 0 Å². The summed E-state index contributed by atoms with van der Waals surface area (Å²) < 4.78 is 1.06. The van der Waals surface area contributed by atoms with Crippen LogP contribution in [0.5, 0.6) is 0 Å². The third-order valence-electron chi connectivity index (χ3n) is 2.96. The third-order valence-corrected chi connectivity index (χ3v) is 3.49. The van der Waals surface area contributed by atoms with Crippen molar-refractivity contribution in [1.82, 2.24) is 10.6 Å². The number of rotatable bonds is 6. The number of carbonyl (C=O) groups is 1. The van der Waals surface area contributed by atoms with E-state index in [0.717, 1.165) is 10.9 Å². The van der Waals surface area contributed by atoms with E-state index in [9.17, 15) is 4.79 Å². The molecular weight excluding hydrogens is 292 g/mol. The molecule has 18 heavy (non-hydrogen) atoms. The second-order valence-corrected chi connectivity index (χ2v) is 5.45. The minimum atomic E-state index is 0.0494. The van der Waals surface area contributed by atoms with E-state index in [4.69, 9.17) is 0 Å². The van der Waals surface area contributed by atoms with E-state index in [1.807, 2.05) is 31.2 Å². The van der Waals surface area contributed by atoms with E-state index in [-0.39, 0.29) is 18.0 Å². The summed E-state index contributed by atoms with van der Waals surface area (Å²) in [4.78, 5) is 11.6. The third kappa shape index (κ3) is 5.19. The molecule has 100 valence electrons. The number of hydrogen-bond acceptors (Lipinski definition) is 2. The maximum Gasteiger partial charge on any atom is 0.234 e. The highest BCUT2D eigenvalue weighted by Crippen LogP contribution is 2.16. The van der Waals surface area contributed by atoms with Crippen molar-refractivity contribution >= 4 is 21.8 Å². The molecule has 1 aromatic rings. The summed E-state index contributed by atoms with van der Waals surface area (Å²) in [5.74, 6) is 0.0494. The van der Waals surface area contributed by atoms with Gasteiger partial charge in [-0.05, 0) is 38.0 Å². The molecule has 0 aromatic heterocycles. The highest BCUT2D eigenvalue weighted by molar-refractivity contribution is 9.10. The van der Waals surface area contributed by atoms with Crippen LogP contribution >= 0.6 is 15.9 Å². The van der Waals surface area contributed by atoms with Gasteiger partial charge in [-0.15, -0.1) is 0 Å². The number of amides is 1. The number of nitrogens with one attached hydrogen (secondary N) is 2. The fourth-order valence-corrected chi connectivity index (χ4v) is 1.81. The normalized spacial score (nSPS) is 14.0. The van der Waals surface area contributed by atoms with E-state index >= 15 is 0 Å². The number of benzene rings is 1. The quantitative estimate of drug-likeness (QED) is 0.847. The first kappa shape index (κ1) is 15.2. The summed E-state index contributed by atoms with van der Waals surface area (Å²) in [6.07, 6.45) is 0.952. The molecule has 0 aliphatic heterocycles. The van der Waals surface area contributed by atoms with Crippen molar-refractivity contribution in [3.63, 3.8) is 0 Å². The smallest absolute Gasteiger partial charge is 0.234 e. The predicted octanol–water partition coefficient (Wildman–Crippen LogP) is 3.01. The molecule has 0 bridgehead atoms.